The van der Waals surface area contributed by atoms with Crippen LogP contribution in [0.4, 0.5) is 5.69 Å². The average Bonchev–Trinajstić information content (AvgIpc) is 2.47. The lowest BCUT2D eigenvalue weighted by Crippen LogP contribution is -2.36. The van der Waals surface area contributed by atoms with Crippen LogP contribution in [0.15, 0.2) is 18.2 Å². The molecule has 1 aliphatic carbocycles. The van der Waals surface area contributed by atoms with Crippen molar-refractivity contribution >= 4 is 23.2 Å². The molecule has 3 atom stereocenters. The van der Waals surface area contributed by atoms with Crippen LogP contribution in [0.3, 0.4) is 0 Å². The molecule has 1 aromatic carbocycles. The molecule has 1 aliphatic rings. The zero-order valence-corrected chi connectivity index (χ0v) is 14.6. The van der Waals surface area contributed by atoms with Gasteiger partial charge in [-0.15, -0.1) is 0 Å². The number of methoxy groups -OCH3 is 1. The standard InChI is InChI=1S/C18H26ClNO2/c1-11(2)14-7-5-12(3)9-15(14)18(21)20-13-6-8-17(22-4)16(19)10-13/h6,8,10-12,14-15H,5,7,9H2,1-4H3,(H,20,21)/t12-,14+,15-/m1/s1. The topological polar surface area (TPSA) is 38.3 Å². The summed E-state index contributed by atoms with van der Waals surface area (Å²) in [5.74, 6) is 2.43. The maximum atomic E-state index is 12.7. The quantitative estimate of drug-likeness (QED) is 0.847. The summed E-state index contributed by atoms with van der Waals surface area (Å²) in [6.45, 7) is 6.66. The summed E-state index contributed by atoms with van der Waals surface area (Å²) < 4.78 is 5.14. The third-order valence-corrected chi connectivity index (χ3v) is 5.07. The SMILES string of the molecule is COc1ccc(NC(=O)[C@@H]2C[C@H](C)CC[C@H]2C(C)C)cc1Cl. The zero-order valence-electron chi connectivity index (χ0n) is 13.9. The van der Waals surface area contributed by atoms with Crippen molar-refractivity contribution in [1.82, 2.24) is 0 Å². The minimum atomic E-state index is 0.0876. The number of halogens is 1. The highest BCUT2D eigenvalue weighted by molar-refractivity contribution is 6.32. The van der Waals surface area contributed by atoms with Gasteiger partial charge in [0.15, 0.2) is 0 Å². The minimum absolute atomic E-state index is 0.0876. The van der Waals surface area contributed by atoms with E-state index in [4.69, 9.17) is 16.3 Å². The summed E-state index contributed by atoms with van der Waals surface area (Å²) in [5, 5.41) is 3.54. The van der Waals surface area contributed by atoms with Gasteiger partial charge in [0, 0.05) is 11.6 Å². The van der Waals surface area contributed by atoms with Crippen LogP contribution in [0.25, 0.3) is 0 Å². The Morgan fingerprint density at radius 2 is 2.09 bits per heavy atom. The Morgan fingerprint density at radius 1 is 1.36 bits per heavy atom. The summed E-state index contributed by atoms with van der Waals surface area (Å²) in [7, 11) is 1.58. The first-order valence-electron chi connectivity index (χ1n) is 8.06. The van der Waals surface area contributed by atoms with Gasteiger partial charge in [-0.3, -0.25) is 4.79 Å². The van der Waals surface area contributed by atoms with Crippen LogP contribution < -0.4 is 10.1 Å². The first-order chi connectivity index (χ1) is 10.4. The number of rotatable bonds is 4. The predicted octanol–water partition coefficient (Wildman–Crippen LogP) is 5.00. The van der Waals surface area contributed by atoms with Gasteiger partial charge in [0.05, 0.1) is 12.1 Å². The molecule has 1 N–H and O–H groups in total. The van der Waals surface area contributed by atoms with Crippen LogP contribution >= 0.6 is 11.6 Å². The van der Waals surface area contributed by atoms with Crippen LogP contribution in [0.2, 0.25) is 5.02 Å². The Bertz CT molecular complexity index is 530. The van der Waals surface area contributed by atoms with Crippen molar-refractivity contribution < 1.29 is 9.53 Å². The fraction of sp³-hybridized carbons (Fsp3) is 0.611. The van der Waals surface area contributed by atoms with Crippen LogP contribution in [-0.4, -0.2) is 13.0 Å². The van der Waals surface area contributed by atoms with Crippen molar-refractivity contribution in [3.63, 3.8) is 0 Å². The van der Waals surface area contributed by atoms with Gasteiger partial charge in [0.25, 0.3) is 0 Å². The van der Waals surface area contributed by atoms with E-state index in [1.165, 1.54) is 6.42 Å². The van der Waals surface area contributed by atoms with Gasteiger partial charge >= 0.3 is 0 Å². The molecule has 0 radical (unpaired) electrons. The number of carbonyl (C=O) groups excluding carboxylic acids is 1. The average molecular weight is 324 g/mol. The molecule has 1 aromatic rings. The van der Waals surface area contributed by atoms with Crippen LogP contribution in [0.1, 0.15) is 40.0 Å². The molecule has 122 valence electrons. The maximum absolute atomic E-state index is 12.7. The van der Waals surface area contributed by atoms with Crippen molar-refractivity contribution in [3.8, 4) is 5.75 Å². The van der Waals surface area contributed by atoms with E-state index in [1.54, 1.807) is 19.2 Å². The monoisotopic (exact) mass is 323 g/mol. The van der Waals surface area contributed by atoms with Crippen molar-refractivity contribution in [3.05, 3.63) is 23.2 Å². The number of ether oxygens (including phenoxy) is 1. The normalized spacial score (nSPS) is 25.1. The molecule has 0 bridgehead atoms. The van der Waals surface area contributed by atoms with E-state index in [9.17, 15) is 4.79 Å². The van der Waals surface area contributed by atoms with Crippen molar-refractivity contribution in [2.45, 2.75) is 40.0 Å². The highest BCUT2D eigenvalue weighted by Crippen LogP contribution is 2.38. The van der Waals surface area contributed by atoms with Crippen molar-refractivity contribution in [2.75, 3.05) is 12.4 Å². The molecule has 0 heterocycles. The summed E-state index contributed by atoms with van der Waals surface area (Å²) in [6, 6.07) is 5.36. The molecule has 4 heteroatoms. The Labute approximate surface area is 138 Å². The highest BCUT2D eigenvalue weighted by atomic mass is 35.5. The zero-order chi connectivity index (χ0) is 16.3. The van der Waals surface area contributed by atoms with Gasteiger partial charge in [0.1, 0.15) is 5.75 Å². The van der Waals surface area contributed by atoms with E-state index in [2.05, 4.69) is 26.1 Å². The Hall–Kier alpha value is -1.22. The van der Waals surface area contributed by atoms with Crippen LogP contribution in [0, 0.1) is 23.7 Å². The van der Waals surface area contributed by atoms with Gasteiger partial charge in [-0.2, -0.15) is 0 Å². The molecule has 0 aromatic heterocycles. The number of carbonyl (C=O) groups is 1. The largest absolute Gasteiger partial charge is 0.495 e. The first-order valence-corrected chi connectivity index (χ1v) is 8.44. The fourth-order valence-electron chi connectivity index (χ4n) is 3.48. The Balaban J connectivity index is 2.10. The Morgan fingerprint density at radius 3 is 2.68 bits per heavy atom. The van der Waals surface area contributed by atoms with Crippen molar-refractivity contribution in [1.29, 1.82) is 0 Å². The maximum Gasteiger partial charge on any atom is 0.227 e. The van der Waals surface area contributed by atoms with E-state index in [1.807, 2.05) is 6.07 Å². The van der Waals surface area contributed by atoms with Gasteiger partial charge < -0.3 is 10.1 Å². The van der Waals surface area contributed by atoms with Gasteiger partial charge in [-0.25, -0.2) is 0 Å². The second kappa shape index (κ2) is 7.36. The van der Waals surface area contributed by atoms with Crippen LogP contribution in [-0.2, 0) is 4.79 Å². The summed E-state index contributed by atoms with van der Waals surface area (Å²) in [6.07, 6.45) is 3.33. The predicted molar refractivity (Wildman–Crippen MR) is 91.5 cm³/mol. The molecule has 2 rings (SSSR count). The number of amides is 1. The number of anilines is 1. The molecular weight excluding hydrogens is 298 g/mol. The second-order valence-corrected chi connectivity index (χ2v) is 7.18. The van der Waals surface area contributed by atoms with Gasteiger partial charge in [-0.1, -0.05) is 38.8 Å². The highest BCUT2D eigenvalue weighted by Gasteiger charge is 2.35. The van der Waals surface area contributed by atoms with E-state index in [-0.39, 0.29) is 11.8 Å². The van der Waals surface area contributed by atoms with E-state index < -0.39 is 0 Å². The van der Waals surface area contributed by atoms with Crippen molar-refractivity contribution in [2.24, 2.45) is 23.7 Å². The molecule has 3 nitrogen and oxygen atoms in total. The molecule has 1 amide bonds. The summed E-state index contributed by atoms with van der Waals surface area (Å²) in [5.41, 5.74) is 0.733. The Kier molecular flexibility index (Phi) is 5.74. The lowest BCUT2D eigenvalue weighted by Gasteiger charge is -2.36. The molecule has 1 fully saturated rings. The number of hydrogen-bond acceptors (Lipinski definition) is 2. The minimum Gasteiger partial charge on any atom is -0.495 e. The molecule has 0 spiro atoms. The number of nitrogens with one attached hydrogen (secondary N) is 1. The summed E-state index contributed by atoms with van der Waals surface area (Å²) in [4.78, 5) is 12.7. The smallest absolute Gasteiger partial charge is 0.227 e. The van der Waals surface area contributed by atoms with Gasteiger partial charge in [0.2, 0.25) is 5.91 Å². The lowest BCUT2D eigenvalue weighted by molar-refractivity contribution is -0.123. The molecule has 0 unspecified atom stereocenters. The molecule has 1 saturated carbocycles. The third kappa shape index (κ3) is 3.95. The van der Waals surface area contributed by atoms with Gasteiger partial charge in [-0.05, 0) is 48.8 Å². The van der Waals surface area contributed by atoms with E-state index in [0.29, 0.717) is 28.5 Å². The van der Waals surface area contributed by atoms with E-state index in [0.717, 1.165) is 18.5 Å². The first kappa shape index (κ1) is 17.1. The lowest BCUT2D eigenvalue weighted by atomic mass is 9.70. The second-order valence-electron chi connectivity index (χ2n) is 6.77. The molecule has 22 heavy (non-hydrogen) atoms. The van der Waals surface area contributed by atoms with Crippen LogP contribution in [0.5, 0.6) is 5.75 Å². The summed E-state index contributed by atoms with van der Waals surface area (Å²) >= 11 is 6.12. The molecular formula is C18H26ClNO2. The third-order valence-electron chi connectivity index (χ3n) is 4.78. The van der Waals surface area contributed by atoms with E-state index >= 15 is 0 Å². The number of hydrogen-bond donors (Lipinski definition) is 1. The molecule has 0 saturated heterocycles. The fourth-order valence-corrected chi connectivity index (χ4v) is 3.74. The molecule has 0 aliphatic heterocycles. The number of benzene rings is 1.